The summed E-state index contributed by atoms with van der Waals surface area (Å²) in [4.78, 5) is 17.2. The normalized spacial score (nSPS) is 16.0. The van der Waals surface area contributed by atoms with Gasteiger partial charge in [-0.2, -0.15) is 9.57 Å². The fourth-order valence-electron chi connectivity index (χ4n) is 3.06. The molecule has 7 nitrogen and oxygen atoms in total. The summed E-state index contributed by atoms with van der Waals surface area (Å²) in [6.07, 6.45) is 2.60. The van der Waals surface area contributed by atoms with Crippen molar-refractivity contribution in [3.05, 3.63) is 53.9 Å². The molecule has 136 valence electrons. The topological polar surface area (TPSA) is 97.3 Å². The molecule has 1 saturated heterocycles. The highest BCUT2D eigenvalue weighted by molar-refractivity contribution is 7.89. The first-order valence-electron chi connectivity index (χ1n) is 8.41. The largest absolute Gasteiger partial charge is 0.365 e. The van der Waals surface area contributed by atoms with E-state index in [4.69, 9.17) is 0 Å². The Labute approximate surface area is 152 Å². The van der Waals surface area contributed by atoms with E-state index >= 15 is 0 Å². The highest BCUT2D eigenvalue weighted by Gasteiger charge is 2.29. The smallest absolute Gasteiger partial charge is 0.244 e. The molecule has 26 heavy (non-hydrogen) atoms. The second kappa shape index (κ2) is 7.72. The van der Waals surface area contributed by atoms with Gasteiger partial charge in [-0.25, -0.2) is 8.42 Å². The number of nitriles is 1. The number of carbonyl (C=O) groups is 1. The lowest BCUT2D eigenvalue weighted by Crippen LogP contribution is -2.38. The summed E-state index contributed by atoms with van der Waals surface area (Å²) in [5.74, 6) is -0.0240. The maximum atomic E-state index is 12.9. The van der Waals surface area contributed by atoms with Crippen LogP contribution in [0.3, 0.4) is 0 Å². The Kier molecular flexibility index (Phi) is 5.40. The van der Waals surface area contributed by atoms with Gasteiger partial charge in [-0.1, -0.05) is 12.1 Å². The second-order valence-electron chi connectivity index (χ2n) is 6.12. The van der Waals surface area contributed by atoms with E-state index in [-0.39, 0.29) is 29.3 Å². The van der Waals surface area contributed by atoms with Crippen molar-refractivity contribution in [2.24, 2.45) is 0 Å². The maximum Gasteiger partial charge on any atom is 0.244 e. The Hall–Kier alpha value is -2.63. The molecule has 0 spiro atoms. The monoisotopic (exact) mass is 372 g/mol. The molecule has 0 saturated carbocycles. The number of H-pyrrole nitrogens is 1. The zero-order valence-electron chi connectivity index (χ0n) is 14.3. The van der Waals surface area contributed by atoms with Crippen LogP contribution in [0.5, 0.6) is 0 Å². The van der Waals surface area contributed by atoms with Crippen molar-refractivity contribution in [1.82, 2.24) is 14.2 Å². The fraction of sp³-hybridized carbons (Fsp3) is 0.333. The van der Waals surface area contributed by atoms with Crippen LogP contribution in [0.4, 0.5) is 0 Å². The average Bonchev–Trinajstić information content (AvgIpc) is 3.02. The van der Waals surface area contributed by atoms with Crippen molar-refractivity contribution in [1.29, 1.82) is 5.26 Å². The number of hydrogen-bond donors (Lipinski definition) is 1. The molecule has 2 aromatic rings. The zero-order chi connectivity index (χ0) is 18.6. The van der Waals surface area contributed by atoms with E-state index in [9.17, 15) is 18.5 Å². The van der Waals surface area contributed by atoms with Gasteiger partial charge in [0.25, 0.3) is 0 Å². The number of nitrogens with one attached hydrogen (secondary N) is 1. The van der Waals surface area contributed by atoms with E-state index in [1.807, 2.05) is 18.2 Å². The first-order chi connectivity index (χ1) is 12.5. The fourth-order valence-corrected chi connectivity index (χ4v) is 4.67. The van der Waals surface area contributed by atoms with E-state index in [1.165, 1.54) is 16.4 Å². The van der Waals surface area contributed by atoms with Crippen LogP contribution in [0.1, 0.15) is 17.7 Å². The molecule has 1 amide bonds. The lowest BCUT2D eigenvalue weighted by atomic mass is 10.2. The van der Waals surface area contributed by atoms with Gasteiger partial charge in [0.15, 0.2) is 0 Å². The van der Waals surface area contributed by atoms with Crippen molar-refractivity contribution >= 4 is 15.9 Å². The van der Waals surface area contributed by atoms with Crippen LogP contribution < -0.4 is 0 Å². The Balaban J connectivity index is 1.72. The molecule has 1 aromatic carbocycles. The second-order valence-corrected chi connectivity index (χ2v) is 8.02. The highest BCUT2D eigenvalue weighted by atomic mass is 32.2. The summed E-state index contributed by atoms with van der Waals surface area (Å²) < 4.78 is 27.2. The third kappa shape index (κ3) is 3.79. The number of benzene rings is 1. The van der Waals surface area contributed by atoms with Crippen LogP contribution in [-0.2, 0) is 21.2 Å². The summed E-state index contributed by atoms with van der Waals surface area (Å²) in [6, 6.07) is 11.8. The van der Waals surface area contributed by atoms with E-state index in [1.54, 1.807) is 23.2 Å². The van der Waals surface area contributed by atoms with E-state index in [0.29, 0.717) is 26.1 Å². The molecule has 0 bridgehead atoms. The average molecular weight is 372 g/mol. The first-order valence-corrected chi connectivity index (χ1v) is 9.85. The predicted molar refractivity (Wildman–Crippen MR) is 95.6 cm³/mol. The molecule has 3 rings (SSSR count). The van der Waals surface area contributed by atoms with E-state index in [0.717, 1.165) is 5.69 Å². The van der Waals surface area contributed by atoms with Crippen molar-refractivity contribution in [2.75, 3.05) is 26.2 Å². The molecule has 0 aliphatic carbocycles. The van der Waals surface area contributed by atoms with E-state index < -0.39 is 10.0 Å². The molecule has 0 radical (unpaired) electrons. The van der Waals surface area contributed by atoms with Gasteiger partial charge < -0.3 is 9.88 Å². The number of sulfonamides is 1. The van der Waals surface area contributed by atoms with Gasteiger partial charge in [-0.15, -0.1) is 0 Å². The van der Waals surface area contributed by atoms with Crippen molar-refractivity contribution in [3.63, 3.8) is 0 Å². The highest BCUT2D eigenvalue weighted by Crippen LogP contribution is 2.21. The van der Waals surface area contributed by atoms with E-state index in [2.05, 4.69) is 4.98 Å². The van der Waals surface area contributed by atoms with Gasteiger partial charge in [-0.05, 0) is 30.7 Å². The van der Waals surface area contributed by atoms with Crippen LogP contribution in [0, 0.1) is 11.3 Å². The Morgan fingerprint density at radius 2 is 1.92 bits per heavy atom. The molecule has 1 aliphatic rings. The summed E-state index contributed by atoms with van der Waals surface area (Å²) in [6.45, 7) is 1.41. The number of carbonyl (C=O) groups excluding carboxylic acids is 1. The van der Waals surface area contributed by atoms with Crippen LogP contribution in [0.15, 0.2) is 47.5 Å². The molecule has 1 fully saturated rings. The third-order valence-electron chi connectivity index (χ3n) is 4.44. The molecule has 1 aromatic heterocycles. The lowest BCUT2D eigenvalue weighted by molar-refractivity contribution is -0.130. The third-order valence-corrected chi connectivity index (χ3v) is 6.39. The lowest BCUT2D eigenvalue weighted by Gasteiger charge is -2.22. The van der Waals surface area contributed by atoms with Gasteiger partial charge >= 0.3 is 0 Å². The van der Waals surface area contributed by atoms with Gasteiger partial charge in [-0.3, -0.25) is 4.79 Å². The van der Waals surface area contributed by atoms with Crippen molar-refractivity contribution in [2.45, 2.75) is 17.7 Å². The molecule has 0 unspecified atom stereocenters. The minimum Gasteiger partial charge on any atom is -0.365 e. The summed E-state index contributed by atoms with van der Waals surface area (Å²) in [5, 5.41) is 9.18. The number of amides is 1. The van der Waals surface area contributed by atoms with Crippen molar-refractivity contribution < 1.29 is 13.2 Å². The Bertz CT molecular complexity index is 916. The van der Waals surface area contributed by atoms with Gasteiger partial charge in [0.05, 0.1) is 16.9 Å². The molecular weight excluding hydrogens is 352 g/mol. The minimum absolute atomic E-state index is 0.0219. The SMILES string of the molecule is N#Cc1ccccc1S(=O)(=O)N1CCCN(C(=O)Cc2ccc[nH]2)CC1. The predicted octanol–water partition coefficient (Wildman–Crippen LogP) is 1.35. The summed E-state index contributed by atoms with van der Waals surface area (Å²) in [7, 11) is -3.76. The Morgan fingerprint density at radius 1 is 1.12 bits per heavy atom. The maximum absolute atomic E-state index is 12.9. The molecule has 0 atom stereocenters. The number of rotatable bonds is 4. The minimum atomic E-state index is -3.76. The first kappa shape index (κ1) is 18.2. The summed E-state index contributed by atoms with van der Waals surface area (Å²) >= 11 is 0. The van der Waals surface area contributed by atoms with Gasteiger partial charge in [0.1, 0.15) is 6.07 Å². The number of aromatic nitrogens is 1. The van der Waals surface area contributed by atoms with Crippen LogP contribution in [-0.4, -0.2) is 54.7 Å². The molecule has 2 heterocycles. The number of hydrogen-bond acceptors (Lipinski definition) is 4. The molecule has 8 heteroatoms. The number of aromatic amines is 1. The Morgan fingerprint density at radius 3 is 2.65 bits per heavy atom. The van der Waals surface area contributed by atoms with Crippen LogP contribution >= 0.6 is 0 Å². The molecule has 1 aliphatic heterocycles. The number of nitrogens with zero attached hydrogens (tertiary/aromatic N) is 3. The standard InChI is InChI=1S/C18H20N4O3S/c19-14-15-5-1-2-7-17(15)26(24,25)22-10-4-9-21(11-12-22)18(23)13-16-6-3-8-20-16/h1-3,5-8,20H,4,9-13H2. The van der Waals surface area contributed by atoms with Crippen LogP contribution in [0.2, 0.25) is 0 Å². The van der Waals surface area contributed by atoms with Crippen LogP contribution in [0.25, 0.3) is 0 Å². The zero-order valence-corrected chi connectivity index (χ0v) is 15.1. The molecule has 1 N–H and O–H groups in total. The van der Waals surface area contributed by atoms with Gasteiger partial charge in [0, 0.05) is 38.1 Å². The summed E-state index contributed by atoms with van der Waals surface area (Å²) in [5.41, 5.74) is 0.975. The quantitative estimate of drug-likeness (QED) is 0.876. The van der Waals surface area contributed by atoms with Crippen molar-refractivity contribution in [3.8, 4) is 6.07 Å². The molecular formula is C18H20N4O3S. The van der Waals surface area contributed by atoms with Gasteiger partial charge in [0.2, 0.25) is 15.9 Å².